The molecule has 0 atom stereocenters. The van der Waals surface area contributed by atoms with E-state index < -0.39 is 5.97 Å². The predicted molar refractivity (Wildman–Crippen MR) is 132 cm³/mol. The van der Waals surface area contributed by atoms with Gasteiger partial charge in [0.2, 0.25) is 5.95 Å². The van der Waals surface area contributed by atoms with Gasteiger partial charge in [-0.15, -0.1) is 0 Å². The molecule has 1 aliphatic rings. The molecule has 2 heterocycles. The molecular formula is C24H27ClN6O2. The summed E-state index contributed by atoms with van der Waals surface area (Å²) in [6, 6.07) is 12.9. The summed E-state index contributed by atoms with van der Waals surface area (Å²) in [7, 11) is 0. The van der Waals surface area contributed by atoms with E-state index in [4.69, 9.17) is 11.6 Å². The predicted octanol–water partition coefficient (Wildman–Crippen LogP) is 4.98. The zero-order valence-electron chi connectivity index (χ0n) is 18.7. The third kappa shape index (κ3) is 5.18. The van der Waals surface area contributed by atoms with Crippen LogP contribution in [0.4, 0.5) is 28.8 Å². The van der Waals surface area contributed by atoms with Gasteiger partial charge in [-0.25, -0.2) is 9.78 Å². The van der Waals surface area contributed by atoms with Crippen LogP contribution in [0.3, 0.4) is 0 Å². The minimum atomic E-state index is -1.03. The Morgan fingerprint density at radius 2 is 1.94 bits per heavy atom. The van der Waals surface area contributed by atoms with Gasteiger partial charge in [-0.2, -0.15) is 4.98 Å². The molecule has 9 heteroatoms. The van der Waals surface area contributed by atoms with Gasteiger partial charge < -0.3 is 20.6 Å². The van der Waals surface area contributed by atoms with Crippen molar-refractivity contribution in [2.75, 3.05) is 41.7 Å². The number of anilines is 5. The molecule has 0 fully saturated rings. The van der Waals surface area contributed by atoms with E-state index in [1.54, 1.807) is 18.2 Å². The third-order valence-electron chi connectivity index (χ3n) is 5.75. The molecule has 3 N–H and O–H groups in total. The van der Waals surface area contributed by atoms with E-state index in [0.29, 0.717) is 22.5 Å². The summed E-state index contributed by atoms with van der Waals surface area (Å²) < 4.78 is 0. The fourth-order valence-corrected chi connectivity index (χ4v) is 4.06. The largest absolute Gasteiger partial charge is 0.478 e. The molecule has 1 aromatic heterocycles. The topological polar surface area (TPSA) is 93.6 Å². The van der Waals surface area contributed by atoms with Crippen molar-refractivity contribution >= 4 is 46.4 Å². The minimum absolute atomic E-state index is 0.133. The molecule has 172 valence electrons. The maximum absolute atomic E-state index is 11.5. The van der Waals surface area contributed by atoms with Gasteiger partial charge in [-0.1, -0.05) is 36.7 Å². The van der Waals surface area contributed by atoms with Gasteiger partial charge in [-0.05, 0) is 43.3 Å². The Balaban J connectivity index is 1.59. The van der Waals surface area contributed by atoms with Gasteiger partial charge in [0.05, 0.1) is 17.4 Å². The quantitative estimate of drug-likeness (QED) is 0.449. The number of likely N-dealkylation sites (N-methyl/N-ethyl adjacent to an activating group) is 2. The third-order valence-corrected chi connectivity index (χ3v) is 6.02. The van der Waals surface area contributed by atoms with E-state index in [-0.39, 0.29) is 5.56 Å². The average Bonchev–Trinajstić information content (AvgIpc) is 3.00. The Bertz CT molecular complexity index is 1160. The summed E-state index contributed by atoms with van der Waals surface area (Å²) in [4.78, 5) is 25.1. The Morgan fingerprint density at radius 3 is 2.70 bits per heavy atom. The van der Waals surface area contributed by atoms with Crippen molar-refractivity contribution in [3.63, 3.8) is 0 Å². The number of nitrogens with zero attached hydrogens (tertiary/aromatic N) is 4. The van der Waals surface area contributed by atoms with Gasteiger partial charge >= 0.3 is 5.97 Å². The number of para-hydroxylation sites is 1. The number of carboxylic acid groups (broad SMARTS) is 1. The van der Waals surface area contributed by atoms with E-state index in [2.05, 4.69) is 56.4 Å². The van der Waals surface area contributed by atoms with Gasteiger partial charge in [0.25, 0.3) is 0 Å². The van der Waals surface area contributed by atoms with Crippen molar-refractivity contribution in [2.45, 2.75) is 20.4 Å². The fourth-order valence-electron chi connectivity index (χ4n) is 3.92. The number of carbonyl (C=O) groups is 1. The molecule has 0 radical (unpaired) electrons. The van der Waals surface area contributed by atoms with E-state index >= 15 is 0 Å². The van der Waals surface area contributed by atoms with Crippen molar-refractivity contribution < 1.29 is 9.90 Å². The van der Waals surface area contributed by atoms with E-state index in [1.165, 1.54) is 23.5 Å². The van der Waals surface area contributed by atoms with Crippen LogP contribution in [0.1, 0.15) is 29.8 Å². The number of hydrogen-bond donors (Lipinski definition) is 3. The Labute approximate surface area is 198 Å². The number of halogens is 1. The van der Waals surface area contributed by atoms with Crippen molar-refractivity contribution in [2.24, 2.45) is 0 Å². The lowest BCUT2D eigenvalue weighted by atomic mass is 10.1. The smallest absolute Gasteiger partial charge is 0.337 e. The van der Waals surface area contributed by atoms with Gasteiger partial charge in [0.15, 0.2) is 5.82 Å². The molecule has 0 bridgehead atoms. The van der Waals surface area contributed by atoms with Crippen molar-refractivity contribution in [3.05, 3.63) is 64.8 Å². The standard InChI is InChI=1S/C24H27ClN6O2/c1-3-30-11-12-31(4-2)21-13-17(10-9-16(21)15-30)27-24-26-14-19(25)22(29-24)28-20-8-6-5-7-18(20)23(32)33/h5-10,13-14H,3-4,11-12,15H2,1-2H3,(H,32,33)(H2,26,27,28,29). The molecule has 0 amide bonds. The monoisotopic (exact) mass is 466 g/mol. The summed E-state index contributed by atoms with van der Waals surface area (Å²) in [6.07, 6.45) is 1.49. The number of hydrogen-bond acceptors (Lipinski definition) is 7. The lowest BCUT2D eigenvalue weighted by Crippen LogP contribution is -2.31. The second-order valence-corrected chi connectivity index (χ2v) is 8.19. The van der Waals surface area contributed by atoms with Crippen molar-refractivity contribution in [3.8, 4) is 0 Å². The lowest BCUT2D eigenvalue weighted by molar-refractivity contribution is 0.0698. The first-order valence-electron chi connectivity index (χ1n) is 11.0. The van der Waals surface area contributed by atoms with E-state index in [0.717, 1.165) is 38.4 Å². The second-order valence-electron chi connectivity index (χ2n) is 7.78. The summed E-state index contributed by atoms with van der Waals surface area (Å²) in [5, 5.41) is 16.0. The normalized spacial score (nSPS) is 13.8. The molecule has 0 aliphatic carbocycles. The summed E-state index contributed by atoms with van der Waals surface area (Å²) >= 11 is 6.29. The minimum Gasteiger partial charge on any atom is -0.478 e. The Kier molecular flexibility index (Phi) is 6.96. The average molecular weight is 467 g/mol. The first-order valence-corrected chi connectivity index (χ1v) is 11.4. The molecule has 4 rings (SSSR count). The summed E-state index contributed by atoms with van der Waals surface area (Å²) in [6.45, 7) is 9.26. The first-order chi connectivity index (χ1) is 16.0. The fraction of sp³-hybridized carbons (Fsp3) is 0.292. The maximum Gasteiger partial charge on any atom is 0.337 e. The molecular weight excluding hydrogens is 440 g/mol. The highest BCUT2D eigenvalue weighted by Crippen LogP contribution is 2.31. The maximum atomic E-state index is 11.5. The van der Waals surface area contributed by atoms with Crippen LogP contribution in [0.25, 0.3) is 0 Å². The first kappa shape index (κ1) is 22.8. The molecule has 33 heavy (non-hydrogen) atoms. The van der Waals surface area contributed by atoms with Crippen LogP contribution in [-0.4, -0.2) is 52.1 Å². The van der Waals surface area contributed by atoms with Crippen LogP contribution in [0.2, 0.25) is 5.02 Å². The van der Waals surface area contributed by atoms with Gasteiger partial charge in [0, 0.05) is 37.6 Å². The van der Waals surface area contributed by atoms with Gasteiger partial charge in [-0.3, -0.25) is 4.90 Å². The highest BCUT2D eigenvalue weighted by Gasteiger charge is 2.19. The van der Waals surface area contributed by atoms with Gasteiger partial charge in [0.1, 0.15) is 5.02 Å². The highest BCUT2D eigenvalue weighted by molar-refractivity contribution is 6.33. The lowest BCUT2D eigenvalue weighted by Gasteiger charge is -2.23. The van der Waals surface area contributed by atoms with Crippen LogP contribution < -0.4 is 15.5 Å². The van der Waals surface area contributed by atoms with Crippen molar-refractivity contribution in [1.82, 2.24) is 14.9 Å². The molecule has 0 unspecified atom stereocenters. The van der Waals surface area contributed by atoms with E-state index in [1.807, 2.05) is 6.07 Å². The zero-order chi connectivity index (χ0) is 23.4. The number of benzene rings is 2. The molecule has 8 nitrogen and oxygen atoms in total. The molecule has 1 aliphatic heterocycles. The van der Waals surface area contributed by atoms with Crippen LogP contribution in [-0.2, 0) is 6.54 Å². The molecule has 0 spiro atoms. The van der Waals surface area contributed by atoms with Crippen LogP contribution in [0.15, 0.2) is 48.7 Å². The van der Waals surface area contributed by atoms with E-state index in [9.17, 15) is 9.90 Å². The van der Waals surface area contributed by atoms with Crippen LogP contribution >= 0.6 is 11.6 Å². The summed E-state index contributed by atoms with van der Waals surface area (Å²) in [5.74, 6) is -0.346. The number of rotatable bonds is 7. The second kappa shape index (κ2) is 10.1. The van der Waals surface area contributed by atoms with Crippen molar-refractivity contribution in [1.29, 1.82) is 0 Å². The number of nitrogens with one attached hydrogen (secondary N) is 2. The number of aromatic carboxylic acids is 1. The number of carboxylic acids is 1. The molecule has 3 aromatic rings. The Hall–Kier alpha value is -3.36. The molecule has 0 saturated carbocycles. The summed E-state index contributed by atoms with van der Waals surface area (Å²) in [5.41, 5.74) is 3.91. The number of aromatic nitrogens is 2. The molecule has 0 saturated heterocycles. The zero-order valence-corrected chi connectivity index (χ0v) is 19.4. The SMILES string of the molecule is CCN1CCN(CC)c2cc(Nc3ncc(Cl)c(Nc4ccccc4C(=O)O)n3)ccc2C1. The van der Waals surface area contributed by atoms with Crippen LogP contribution in [0.5, 0.6) is 0 Å². The Morgan fingerprint density at radius 1 is 1.12 bits per heavy atom. The molecule has 2 aromatic carbocycles. The number of fused-ring (bicyclic) bond motifs is 1. The highest BCUT2D eigenvalue weighted by atomic mass is 35.5. The van der Waals surface area contributed by atoms with Crippen LogP contribution in [0, 0.1) is 0 Å².